The summed E-state index contributed by atoms with van der Waals surface area (Å²) in [6, 6.07) is 7.86. The molecule has 4 rings (SSSR count). The number of nitrogens with zero attached hydrogens (tertiary/aromatic N) is 5. The number of hydrogen-bond donors (Lipinski definition) is 0. The molecule has 0 aliphatic carbocycles. The second-order valence-electron chi connectivity index (χ2n) is 6.82. The molecule has 3 heterocycles. The molecular formula is C21H21N5O2. The molecule has 0 saturated carbocycles. The lowest BCUT2D eigenvalue weighted by Crippen LogP contribution is -2.38. The van der Waals surface area contributed by atoms with E-state index in [0.29, 0.717) is 24.7 Å². The Morgan fingerprint density at radius 2 is 1.71 bits per heavy atom. The number of benzene rings is 1. The molecular weight excluding hydrogens is 354 g/mol. The van der Waals surface area contributed by atoms with E-state index < -0.39 is 0 Å². The summed E-state index contributed by atoms with van der Waals surface area (Å²) < 4.78 is 5.99. The standard InChI is InChI=1S/C21H21N5O2/c1-15-2-4-17(5-3-15)28-20-19(24-10-11-25-20)16-6-12-26(13-7-16)21(27)18-14-22-8-9-23-18/h2-5,8-11,14,16H,6-7,12-13H2,1H3. The topological polar surface area (TPSA) is 81.1 Å². The van der Waals surface area contributed by atoms with E-state index in [-0.39, 0.29) is 11.8 Å². The molecule has 0 N–H and O–H groups in total. The van der Waals surface area contributed by atoms with Crippen LogP contribution >= 0.6 is 0 Å². The summed E-state index contributed by atoms with van der Waals surface area (Å²) in [5.41, 5.74) is 2.39. The van der Waals surface area contributed by atoms with Gasteiger partial charge in [-0.05, 0) is 31.9 Å². The second kappa shape index (κ2) is 8.12. The van der Waals surface area contributed by atoms with Crippen LogP contribution in [-0.2, 0) is 0 Å². The molecule has 1 fully saturated rings. The van der Waals surface area contributed by atoms with Crippen molar-refractivity contribution >= 4 is 5.91 Å². The van der Waals surface area contributed by atoms with Gasteiger partial charge in [0.2, 0.25) is 5.88 Å². The molecule has 3 aromatic rings. The Bertz CT molecular complexity index is 939. The fourth-order valence-corrected chi connectivity index (χ4v) is 3.34. The van der Waals surface area contributed by atoms with Crippen LogP contribution in [0.2, 0.25) is 0 Å². The third-order valence-electron chi connectivity index (χ3n) is 4.88. The van der Waals surface area contributed by atoms with Crippen LogP contribution in [0.15, 0.2) is 55.2 Å². The maximum absolute atomic E-state index is 12.5. The van der Waals surface area contributed by atoms with Crippen molar-refractivity contribution in [2.24, 2.45) is 0 Å². The number of piperidine rings is 1. The van der Waals surface area contributed by atoms with Gasteiger partial charge in [-0.3, -0.25) is 14.8 Å². The van der Waals surface area contributed by atoms with Crippen LogP contribution in [-0.4, -0.2) is 43.8 Å². The zero-order valence-electron chi connectivity index (χ0n) is 15.7. The summed E-state index contributed by atoms with van der Waals surface area (Å²) in [5.74, 6) is 1.38. The highest BCUT2D eigenvalue weighted by Gasteiger charge is 2.28. The SMILES string of the molecule is Cc1ccc(Oc2nccnc2C2CCN(C(=O)c3cnccn3)CC2)cc1. The van der Waals surface area contributed by atoms with E-state index in [1.54, 1.807) is 18.6 Å². The molecule has 0 radical (unpaired) electrons. The summed E-state index contributed by atoms with van der Waals surface area (Å²) in [7, 11) is 0. The maximum Gasteiger partial charge on any atom is 0.274 e. The Balaban J connectivity index is 1.45. The minimum atomic E-state index is -0.0816. The van der Waals surface area contributed by atoms with Gasteiger partial charge < -0.3 is 9.64 Å². The number of aromatic nitrogens is 4. The Kier molecular flexibility index (Phi) is 5.23. The predicted octanol–water partition coefficient (Wildman–Crippen LogP) is 3.39. The highest BCUT2D eigenvalue weighted by Crippen LogP contribution is 2.33. The van der Waals surface area contributed by atoms with Crippen LogP contribution in [0.4, 0.5) is 0 Å². The van der Waals surface area contributed by atoms with Gasteiger partial charge in [0, 0.05) is 43.8 Å². The van der Waals surface area contributed by atoms with Crippen molar-refractivity contribution in [1.29, 1.82) is 0 Å². The van der Waals surface area contributed by atoms with Crippen molar-refractivity contribution in [1.82, 2.24) is 24.8 Å². The number of amides is 1. The zero-order chi connectivity index (χ0) is 19.3. The maximum atomic E-state index is 12.5. The van der Waals surface area contributed by atoms with Crippen LogP contribution in [0, 0.1) is 6.92 Å². The monoisotopic (exact) mass is 375 g/mol. The lowest BCUT2D eigenvalue weighted by atomic mass is 9.93. The average molecular weight is 375 g/mol. The van der Waals surface area contributed by atoms with E-state index in [9.17, 15) is 4.79 Å². The van der Waals surface area contributed by atoms with E-state index in [1.807, 2.05) is 36.1 Å². The highest BCUT2D eigenvalue weighted by molar-refractivity contribution is 5.92. The number of hydrogen-bond acceptors (Lipinski definition) is 6. The number of ether oxygens (including phenoxy) is 1. The molecule has 1 saturated heterocycles. The summed E-state index contributed by atoms with van der Waals surface area (Å²) >= 11 is 0. The molecule has 1 aliphatic rings. The first-order chi connectivity index (χ1) is 13.7. The number of aryl methyl sites for hydroxylation is 1. The molecule has 7 nitrogen and oxygen atoms in total. The summed E-state index contributed by atoms with van der Waals surface area (Å²) in [5, 5.41) is 0. The van der Waals surface area contributed by atoms with Crippen molar-refractivity contribution in [3.8, 4) is 11.6 Å². The van der Waals surface area contributed by atoms with Gasteiger partial charge in [-0.2, -0.15) is 0 Å². The molecule has 28 heavy (non-hydrogen) atoms. The third kappa shape index (κ3) is 3.98. The second-order valence-corrected chi connectivity index (χ2v) is 6.82. The van der Waals surface area contributed by atoms with Gasteiger partial charge in [0.1, 0.15) is 17.1 Å². The molecule has 2 aromatic heterocycles. The lowest BCUT2D eigenvalue weighted by Gasteiger charge is -2.31. The third-order valence-corrected chi connectivity index (χ3v) is 4.88. The van der Waals surface area contributed by atoms with Crippen molar-refractivity contribution < 1.29 is 9.53 Å². The Morgan fingerprint density at radius 1 is 1.00 bits per heavy atom. The molecule has 7 heteroatoms. The molecule has 142 valence electrons. The molecule has 0 spiro atoms. The van der Waals surface area contributed by atoms with Crippen LogP contribution in [0.1, 0.15) is 40.5 Å². The largest absolute Gasteiger partial charge is 0.437 e. The van der Waals surface area contributed by atoms with Crippen LogP contribution in [0.25, 0.3) is 0 Å². The van der Waals surface area contributed by atoms with Gasteiger partial charge in [-0.15, -0.1) is 0 Å². The fourth-order valence-electron chi connectivity index (χ4n) is 3.34. The minimum absolute atomic E-state index is 0.0816. The van der Waals surface area contributed by atoms with Crippen LogP contribution < -0.4 is 4.74 Å². The average Bonchev–Trinajstić information content (AvgIpc) is 2.76. The van der Waals surface area contributed by atoms with Crippen molar-refractivity contribution in [3.05, 3.63) is 72.2 Å². The minimum Gasteiger partial charge on any atom is -0.437 e. The molecule has 1 aliphatic heterocycles. The Morgan fingerprint density at radius 3 is 2.43 bits per heavy atom. The van der Waals surface area contributed by atoms with Gasteiger partial charge in [-0.25, -0.2) is 9.97 Å². The van der Waals surface area contributed by atoms with Crippen molar-refractivity contribution in [2.75, 3.05) is 13.1 Å². The number of carbonyl (C=O) groups is 1. The zero-order valence-corrected chi connectivity index (χ0v) is 15.7. The smallest absolute Gasteiger partial charge is 0.274 e. The van der Waals surface area contributed by atoms with E-state index in [0.717, 1.165) is 24.3 Å². The Labute approximate surface area is 163 Å². The normalized spacial score (nSPS) is 14.7. The molecule has 0 bridgehead atoms. The summed E-state index contributed by atoms with van der Waals surface area (Å²) in [6.07, 6.45) is 9.53. The fraction of sp³-hybridized carbons (Fsp3) is 0.286. The molecule has 1 aromatic carbocycles. The number of rotatable bonds is 4. The van der Waals surface area contributed by atoms with Gasteiger partial charge in [0.15, 0.2) is 0 Å². The van der Waals surface area contributed by atoms with Crippen LogP contribution in [0.3, 0.4) is 0 Å². The lowest BCUT2D eigenvalue weighted by molar-refractivity contribution is 0.0705. The van der Waals surface area contributed by atoms with Gasteiger partial charge in [0.05, 0.1) is 6.20 Å². The quantitative estimate of drug-likeness (QED) is 0.695. The van der Waals surface area contributed by atoms with Crippen LogP contribution in [0.5, 0.6) is 11.6 Å². The molecule has 0 unspecified atom stereocenters. The van der Waals surface area contributed by atoms with E-state index in [2.05, 4.69) is 19.9 Å². The van der Waals surface area contributed by atoms with E-state index in [4.69, 9.17) is 4.74 Å². The van der Waals surface area contributed by atoms with Crippen molar-refractivity contribution in [3.63, 3.8) is 0 Å². The first-order valence-corrected chi connectivity index (χ1v) is 9.31. The predicted molar refractivity (Wildman–Crippen MR) is 103 cm³/mol. The van der Waals surface area contributed by atoms with E-state index >= 15 is 0 Å². The summed E-state index contributed by atoms with van der Waals surface area (Å²) in [6.45, 7) is 3.31. The van der Waals surface area contributed by atoms with Crippen molar-refractivity contribution in [2.45, 2.75) is 25.7 Å². The van der Waals surface area contributed by atoms with Gasteiger partial charge in [-0.1, -0.05) is 17.7 Å². The number of likely N-dealkylation sites (tertiary alicyclic amines) is 1. The first-order valence-electron chi connectivity index (χ1n) is 9.31. The van der Waals surface area contributed by atoms with E-state index in [1.165, 1.54) is 18.0 Å². The van der Waals surface area contributed by atoms with Gasteiger partial charge in [0.25, 0.3) is 5.91 Å². The summed E-state index contributed by atoms with van der Waals surface area (Å²) in [4.78, 5) is 31.4. The Hall–Kier alpha value is -3.35. The van der Waals surface area contributed by atoms with Gasteiger partial charge >= 0.3 is 0 Å². The molecule has 1 amide bonds. The first kappa shape index (κ1) is 18.0. The number of carbonyl (C=O) groups excluding carboxylic acids is 1. The highest BCUT2D eigenvalue weighted by atomic mass is 16.5. The molecule has 0 atom stereocenters.